The second-order valence-corrected chi connectivity index (χ2v) is 25.0. The van der Waals surface area contributed by atoms with Crippen LogP contribution >= 0.6 is 0 Å². The molecule has 0 saturated carbocycles. The number of unbranched alkanes of at least 4 members (excludes halogenated alkanes) is 35. The Bertz CT molecular complexity index is 1660. The molecule has 0 aromatic rings. The first-order chi connectivity index (χ1) is 41.8. The fraction of sp³-hybridized carbons (Fsp3) is 0.925. The molecule has 17 atom stereocenters. The SMILES string of the molecule is CCCCCCC/C=C\CCCCCCCC(=O)NC(COC1OC(CO)C(OC2OC(CO)C(OC3OC(CO)C(O)C(O)C3O)C(O)C2O)C(O)C1O)C(O)/C=C/CCCCCCCCCCCCCCCCCCCCCCCCCCC. The molecular formula is C67H125NO18. The fourth-order valence-corrected chi connectivity index (χ4v) is 11.8. The van der Waals surface area contributed by atoms with Crippen molar-refractivity contribution < 1.29 is 89.4 Å². The molecule has 19 nitrogen and oxygen atoms in total. The van der Waals surface area contributed by atoms with Gasteiger partial charge < -0.3 is 89.9 Å². The van der Waals surface area contributed by atoms with Crippen molar-refractivity contribution in [1.82, 2.24) is 5.32 Å². The van der Waals surface area contributed by atoms with Crippen LogP contribution in [0.15, 0.2) is 24.3 Å². The molecule has 3 aliphatic heterocycles. The van der Waals surface area contributed by atoms with E-state index in [0.29, 0.717) is 6.42 Å². The standard InChI is InChI=1S/C67H125NO18/c1-3-5-7-9-11-13-15-17-19-20-21-22-23-24-25-26-27-28-29-30-31-32-34-36-38-40-42-44-51(72)50(68-55(73)45-43-41-39-37-35-33-18-16-14-12-10-8-6-4-2)49-81-65-61(79)58(76)63(53(47-70)83-65)86-67-62(80)59(77)64(54(48-71)84-67)85-66-60(78)57(75)56(74)52(46-69)82-66/h16,18,42,44,50-54,56-67,69-72,74-80H,3-15,17,19-41,43,45-49H2,1-2H3,(H,68,73)/b18-16-,44-42+. The van der Waals surface area contributed by atoms with Crippen molar-refractivity contribution in [3.63, 3.8) is 0 Å². The van der Waals surface area contributed by atoms with Gasteiger partial charge in [-0.15, -0.1) is 0 Å². The lowest BCUT2D eigenvalue weighted by molar-refractivity contribution is -0.379. The van der Waals surface area contributed by atoms with Gasteiger partial charge in [-0.3, -0.25) is 4.79 Å². The van der Waals surface area contributed by atoms with E-state index in [0.717, 1.165) is 64.2 Å². The number of nitrogens with one attached hydrogen (secondary N) is 1. The van der Waals surface area contributed by atoms with Crippen molar-refractivity contribution in [2.24, 2.45) is 0 Å². The maximum absolute atomic E-state index is 13.4. The zero-order chi connectivity index (χ0) is 62.6. The van der Waals surface area contributed by atoms with Crippen LogP contribution in [0.1, 0.15) is 264 Å². The first kappa shape index (κ1) is 78.5. The molecule has 506 valence electrons. The molecule has 3 rings (SSSR count). The van der Waals surface area contributed by atoms with Gasteiger partial charge in [0, 0.05) is 6.42 Å². The largest absolute Gasteiger partial charge is 0.394 e. The number of hydrogen-bond acceptors (Lipinski definition) is 18. The van der Waals surface area contributed by atoms with Crippen LogP contribution in [0.3, 0.4) is 0 Å². The van der Waals surface area contributed by atoms with Crippen molar-refractivity contribution >= 4 is 5.91 Å². The quantitative estimate of drug-likeness (QED) is 0.0200. The van der Waals surface area contributed by atoms with Gasteiger partial charge in [-0.1, -0.05) is 237 Å². The predicted molar refractivity (Wildman–Crippen MR) is 333 cm³/mol. The molecule has 17 unspecified atom stereocenters. The van der Waals surface area contributed by atoms with E-state index in [4.69, 9.17) is 28.4 Å². The van der Waals surface area contributed by atoms with Crippen molar-refractivity contribution in [3.8, 4) is 0 Å². The maximum atomic E-state index is 13.4. The molecule has 0 aromatic heterocycles. The monoisotopic (exact) mass is 1230 g/mol. The minimum absolute atomic E-state index is 0.235. The van der Waals surface area contributed by atoms with E-state index >= 15 is 0 Å². The lowest BCUT2D eigenvalue weighted by Crippen LogP contribution is -2.66. The number of rotatable bonds is 53. The number of allylic oxidation sites excluding steroid dienone is 3. The number of amides is 1. The third-order valence-corrected chi connectivity index (χ3v) is 17.5. The van der Waals surface area contributed by atoms with Gasteiger partial charge in [-0.25, -0.2) is 0 Å². The molecule has 3 fully saturated rings. The molecule has 0 radical (unpaired) electrons. The van der Waals surface area contributed by atoms with Gasteiger partial charge in [0.25, 0.3) is 0 Å². The Morgan fingerprint density at radius 1 is 0.407 bits per heavy atom. The fourth-order valence-electron chi connectivity index (χ4n) is 11.8. The molecule has 0 aliphatic carbocycles. The van der Waals surface area contributed by atoms with Crippen LogP contribution < -0.4 is 5.32 Å². The number of carbonyl (C=O) groups is 1. The summed E-state index contributed by atoms with van der Waals surface area (Å²) >= 11 is 0. The molecular weight excluding hydrogens is 1110 g/mol. The minimum atomic E-state index is -1.98. The van der Waals surface area contributed by atoms with Crippen molar-refractivity contribution in [2.75, 3.05) is 26.4 Å². The molecule has 86 heavy (non-hydrogen) atoms. The van der Waals surface area contributed by atoms with Gasteiger partial charge in [-0.05, 0) is 44.9 Å². The van der Waals surface area contributed by atoms with Crippen LogP contribution in [0.4, 0.5) is 0 Å². The third-order valence-electron chi connectivity index (χ3n) is 17.5. The van der Waals surface area contributed by atoms with Gasteiger partial charge in [0.05, 0.1) is 38.6 Å². The number of aliphatic hydroxyl groups excluding tert-OH is 11. The van der Waals surface area contributed by atoms with E-state index in [9.17, 15) is 61.0 Å². The Morgan fingerprint density at radius 2 is 0.733 bits per heavy atom. The summed E-state index contributed by atoms with van der Waals surface area (Å²) in [6.07, 6.45) is 28.8. The van der Waals surface area contributed by atoms with Gasteiger partial charge in [-0.2, -0.15) is 0 Å². The summed E-state index contributed by atoms with van der Waals surface area (Å²) in [5, 5.41) is 120. The van der Waals surface area contributed by atoms with Gasteiger partial charge in [0.2, 0.25) is 5.91 Å². The Morgan fingerprint density at radius 3 is 1.13 bits per heavy atom. The van der Waals surface area contributed by atoms with Gasteiger partial charge in [0.1, 0.15) is 73.2 Å². The van der Waals surface area contributed by atoms with Crippen molar-refractivity contribution in [2.45, 2.75) is 369 Å². The van der Waals surface area contributed by atoms with Crippen molar-refractivity contribution in [1.29, 1.82) is 0 Å². The van der Waals surface area contributed by atoms with Crippen LogP contribution in [0.2, 0.25) is 0 Å². The molecule has 19 heteroatoms. The molecule has 3 aliphatic rings. The Balaban J connectivity index is 1.42. The highest BCUT2D eigenvalue weighted by Crippen LogP contribution is 2.33. The second kappa shape index (κ2) is 49.9. The molecule has 0 bridgehead atoms. The lowest BCUT2D eigenvalue weighted by atomic mass is 9.96. The normalized spacial score (nSPS) is 28.9. The Labute approximate surface area is 518 Å². The number of hydrogen-bond donors (Lipinski definition) is 12. The third kappa shape index (κ3) is 32.0. The highest BCUT2D eigenvalue weighted by atomic mass is 16.8. The molecule has 1 amide bonds. The average Bonchev–Trinajstić information content (AvgIpc) is 3.43. The predicted octanol–water partition coefficient (Wildman–Crippen LogP) is 8.66. The molecule has 3 heterocycles. The minimum Gasteiger partial charge on any atom is -0.394 e. The first-order valence-electron chi connectivity index (χ1n) is 34.6. The van der Waals surface area contributed by atoms with Gasteiger partial charge in [0.15, 0.2) is 18.9 Å². The summed E-state index contributed by atoms with van der Waals surface area (Å²) < 4.78 is 34.3. The highest BCUT2D eigenvalue weighted by Gasteiger charge is 2.53. The zero-order valence-electron chi connectivity index (χ0n) is 53.3. The Hall–Kier alpha value is -1.73. The van der Waals surface area contributed by atoms with Crippen LogP contribution in [-0.4, -0.2) is 193 Å². The maximum Gasteiger partial charge on any atom is 0.220 e. The van der Waals surface area contributed by atoms with E-state index in [2.05, 4.69) is 31.3 Å². The van der Waals surface area contributed by atoms with E-state index in [-0.39, 0.29) is 18.9 Å². The summed E-state index contributed by atoms with van der Waals surface area (Å²) in [6, 6.07) is -0.975. The van der Waals surface area contributed by atoms with Crippen LogP contribution in [-0.2, 0) is 33.2 Å². The van der Waals surface area contributed by atoms with E-state index < -0.39 is 124 Å². The van der Waals surface area contributed by atoms with Gasteiger partial charge >= 0.3 is 0 Å². The summed E-state index contributed by atoms with van der Waals surface area (Å²) in [7, 11) is 0. The summed E-state index contributed by atoms with van der Waals surface area (Å²) in [4.78, 5) is 13.4. The van der Waals surface area contributed by atoms with Crippen LogP contribution in [0.5, 0.6) is 0 Å². The highest BCUT2D eigenvalue weighted by molar-refractivity contribution is 5.76. The van der Waals surface area contributed by atoms with Crippen LogP contribution in [0.25, 0.3) is 0 Å². The number of ether oxygens (including phenoxy) is 6. The topological polar surface area (TPSA) is 307 Å². The molecule has 12 N–H and O–H groups in total. The van der Waals surface area contributed by atoms with Crippen molar-refractivity contribution in [3.05, 3.63) is 24.3 Å². The smallest absolute Gasteiger partial charge is 0.220 e. The Kier molecular flexibility index (Phi) is 45.6. The summed E-state index contributed by atoms with van der Waals surface area (Å²) in [6.45, 7) is 1.73. The second-order valence-electron chi connectivity index (χ2n) is 25.0. The number of aliphatic hydroxyl groups is 11. The molecule has 0 aromatic carbocycles. The van der Waals surface area contributed by atoms with Crippen LogP contribution in [0, 0.1) is 0 Å². The molecule has 3 saturated heterocycles. The first-order valence-corrected chi connectivity index (χ1v) is 34.6. The lowest BCUT2D eigenvalue weighted by Gasteiger charge is -2.48. The number of carbonyl (C=O) groups excluding carboxylic acids is 1. The van der Waals surface area contributed by atoms with E-state index in [1.165, 1.54) is 173 Å². The van der Waals surface area contributed by atoms with E-state index in [1.807, 2.05) is 6.08 Å². The molecule has 0 spiro atoms. The zero-order valence-corrected chi connectivity index (χ0v) is 53.3. The summed E-state index contributed by atoms with van der Waals surface area (Å²) in [5.41, 5.74) is 0. The van der Waals surface area contributed by atoms with E-state index in [1.54, 1.807) is 6.08 Å². The summed E-state index contributed by atoms with van der Waals surface area (Å²) in [5.74, 6) is -0.282. The average molecular weight is 1230 g/mol.